The summed E-state index contributed by atoms with van der Waals surface area (Å²) in [6, 6.07) is 8.49. The van der Waals surface area contributed by atoms with Gasteiger partial charge in [0, 0.05) is 18.0 Å². The van der Waals surface area contributed by atoms with Gasteiger partial charge in [-0.2, -0.15) is 5.10 Å². The van der Waals surface area contributed by atoms with Gasteiger partial charge < -0.3 is 4.57 Å². The molecule has 5 nitrogen and oxygen atoms in total. The van der Waals surface area contributed by atoms with E-state index in [1.54, 1.807) is 42.7 Å². The molecule has 0 amide bonds. The minimum atomic E-state index is -0.251. The highest BCUT2D eigenvalue weighted by molar-refractivity contribution is 6.33. The molecule has 2 aromatic heterocycles. The number of benzene rings is 1. The molecular formula is C15H12ClN3O2. The van der Waals surface area contributed by atoms with E-state index in [2.05, 4.69) is 5.10 Å². The van der Waals surface area contributed by atoms with Gasteiger partial charge in [0.25, 0.3) is 5.56 Å². The van der Waals surface area contributed by atoms with Crippen molar-refractivity contribution in [2.24, 2.45) is 0 Å². The zero-order chi connectivity index (χ0) is 15.0. The average Bonchev–Trinajstić information content (AvgIpc) is 2.84. The number of hydrogen-bond acceptors (Lipinski definition) is 3. The summed E-state index contributed by atoms with van der Waals surface area (Å²) in [4.78, 5) is 24.6. The van der Waals surface area contributed by atoms with Crippen LogP contribution in [0.4, 0.5) is 0 Å². The predicted octanol–water partition coefficient (Wildman–Crippen LogP) is 2.34. The van der Waals surface area contributed by atoms with Gasteiger partial charge in [0.05, 0.1) is 17.3 Å². The van der Waals surface area contributed by atoms with Crippen LogP contribution in [0.15, 0.2) is 47.5 Å². The highest BCUT2D eigenvalue weighted by Crippen LogP contribution is 2.15. The quantitative estimate of drug-likeness (QED) is 0.698. The van der Waals surface area contributed by atoms with Crippen molar-refractivity contribution < 1.29 is 4.79 Å². The number of ketones is 1. The molecule has 6 heteroatoms. The van der Waals surface area contributed by atoms with Gasteiger partial charge in [0.2, 0.25) is 0 Å². The summed E-state index contributed by atoms with van der Waals surface area (Å²) in [6.07, 6.45) is 3.21. The van der Waals surface area contributed by atoms with Crippen LogP contribution in [0.1, 0.15) is 16.1 Å². The lowest BCUT2D eigenvalue weighted by atomic mass is 10.1. The van der Waals surface area contributed by atoms with Crippen LogP contribution >= 0.6 is 11.6 Å². The SMILES string of the molecule is Cc1cc2c(=O)n(CC(=O)c3ccccc3Cl)ccn2n1. The topological polar surface area (TPSA) is 56.4 Å². The second-order valence-corrected chi connectivity index (χ2v) is 5.16. The van der Waals surface area contributed by atoms with Gasteiger partial charge in [-0.1, -0.05) is 23.7 Å². The molecule has 21 heavy (non-hydrogen) atoms. The number of halogens is 1. The molecule has 3 rings (SSSR count). The molecule has 0 aliphatic rings. The maximum absolute atomic E-state index is 12.3. The van der Waals surface area contributed by atoms with E-state index in [9.17, 15) is 9.59 Å². The zero-order valence-electron chi connectivity index (χ0n) is 11.3. The van der Waals surface area contributed by atoms with Crippen LogP contribution in [0.5, 0.6) is 0 Å². The Morgan fingerprint density at radius 2 is 2.05 bits per heavy atom. The van der Waals surface area contributed by atoms with Gasteiger partial charge in [0.15, 0.2) is 5.78 Å². The Hall–Kier alpha value is -2.40. The molecule has 0 unspecified atom stereocenters. The van der Waals surface area contributed by atoms with Gasteiger partial charge >= 0.3 is 0 Å². The molecule has 0 aliphatic carbocycles. The third-order valence-corrected chi connectivity index (χ3v) is 3.54. The summed E-state index contributed by atoms with van der Waals surface area (Å²) in [7, 11) is 0. The first kappa shape index (κ1) is 13.6. The van der Waals surface area contributed by atoms with Gasteiger partial charge in [-0.05, 0) is 25.1 Å². The zero-order valence-corrected chi connectivity index (χ0v) is 12.0. The number of fused-ring (bicyclic) bond motifs is 1. The first-order valence-corrected chi connectivity index (χ1v) is 6.77. The molecule has 3 aromatic rings. The third-order valence-electron chi connectivity index (χ3n) is 3.21. The molecule has 0 spiro atoms. The van der Waals surface area contributed by atoms with Crippen LogP contribution in [0.25, 0.3) is 5.52 Å². The number of nitrogens with zero attached hydrogens (tertiary/aromatic N) is 3. The van der Waals surface area contributed by atoms with Crippen LogP contribution in [0, 0.1) is 6.92 Å². The van der Waals surface area contributed by atoms with Gasteiger partial charge in [-0.25, -0.2) is 4.52 Å². The van der Waals surface area contributed by atoms with Crippen molar-refractivity contribution in [3.05, 3.63) is 69.4 Å². The normalized spacial score (nSPS) is 11.0. The fraction of sp³-hybridized carbons (Fsp3) is 0.133. The Balaban J connectivity index is 1.99. The standard InChI is InChI=1S/C15H12ClN3O2/c1-10-8-13-15(21)18(6-7-19(13)17-10)9-14(20)11-4-2-3-5-12(11)16/h2-8H,9H2,1H3. The molecular weight excluding hydrogens is 290 g/mol. The van der Waals surface area contributed by atoms with Crippen LogP contribution in [-0.2, 0) is 6.54 Å². The molecule has 0 saturated carbocycles. The maximum atomic E-state index is 12.3. The molecule has 0 aliphatic heterocycles. The molecule has 1 aromatic carbocycles. The van der Waals surface area contributed by atoms with Gasteiger partial charge in [-0.15, -0.1) is 0 Å². The van der Waals surface area contributed by atoms with Gasteiger partial charge in [-0.3, -0.25) is 9.59 Å². The van der Waals surface area contributed by atoms with E-state index in [-0.39, 0.29) is 17.9 Å². The fourth-order valence-electron chi connectivity index (χ4n) is 2.20. The van der Waals surface area contributed by atoms with Crippen LogP contribution in [0.3, 0.4) is 0 Å². The number of aromatic nitrogens is 3. The minimum Gasteiger partial charge on any atom is -0.304 e. The monoisotopic (exact) mass is 301 g/mol. The Labute approximate surface area is 125 Å². The van der Waals surface area contributed by atoms with E-state index >= 15 is 0 Å². The second kappa shape index (κ2) is 5.18. The first-order chi connectivity index (χ1) is 10.1. The highest BCUT2D eigenvalue weighted by atomic mass is 35.5. The summed E-state index contributed by atoms with van der Waals surface area (Å²) in [5.74, 6) is -0.205. The third kappa shape index (κ3) is 2.48. The summed E-state index contributed by atoms with van der Waals surface area (Å²) < 4.78 is 2.87. The number of carbonyl (C=O) groups is 1. The fourth-order valence-corrected chi connectivity index (χ4v) is 2.44. The first-order valence-electron chi connectivity index (χ1n) is 6.39. The van der Waals surface area contributed by atoms with Crippen molar-refractivity contribution in [1.29, 1.82) is 0 Å². The van der Waals surface area contributed by atoms with E-state index in [0.717, 1.165) is 5.69 Å². The van der Waals surface area contributed by atoms with E-state index in [1.807, 2.05) is 6.92 Å². The largest absolute Gasteiger partial charge is 0.304 e. The van der Waals surface area contributed by atoms with Crippen molar-refractivity contribution in [3.8, 4) is 0 Å². The smallest absolute Gasteiger partial charge is 0.276 e. The highest BCUT2D eigenvalue weighted by Gasteiger charge is 2.12. The van der Waals surface area contributed by atoms with E-state index < -0.39 is 0 Å². The number of hydrogen-bond donors (Lipinski definition) is 0. The summed E-state index contributed by atoms with van der Waals surface area (Å²) in [5.41, 5.74) is 1.36. The van der Waals surface area contributed by atoms with Crippen LogP contribution in [0.2, 0.25) is 5.02 Å². The average molecular weight is 302 g/mol. The minimum absolute atomic E-state index is 0.0523. The summed E-state index contributed by atoms with van der Waals surface area (Å²) >= 11 is 6.00. The van der Waals surface area contributed by atoms with Gasteiger partial charge in [0.1, 0.15) is 5.52 Å². The molecule has 2 heterocycles. The lowest BCUT2D eigenvalue weighted by Crippen LogP contribution is -2.25. The number of aryl methyl sites for hydroxylation is 1. The number of Topliss-reactive ketones (excluding diaryl/α,β-unsaturated/α-hetero) is 1. The van der Waals surface area contributed by atoms with E-state index in [1.165, 1.54) is 9.08 Å². The maximum Gasteiger partial charge on any atom is 0.276 e. The second-order valence-electron chi connectivity index (χ2n) is 4.75. The van der Waals surface area contributed by atoms with E-state index in [4.69, 9.17) is 11.6 Å². The van der Waals surface area contributed by atoms with Crippen molar-refractivity contribution in [2.75, 3.05) is 0 Å². The summed E-state index contributed by atoms with van der Waals surface area (Å²) in [6.45, 7) is 1.76. The molecule has 0 atom stereocenters. The molecule has 0 saturated heterocycles. The summed E-state index contributed by atoms with van der Waals surface area (Å²) in [5, 5.41) is 4.55. The van der Waals surface area contributed by atoms with Crippen molar-refractivity contribution in [1.82, 2.24) is 14.2 Å². The molecule has 0 bridgehead atoms. The Kier molecular flexibility index (Phi) is 3.35. The van der Waals surface area contributed by atoms with E-state index in [0.29, 0.717) is 16.1 Å². The Bertz CT molecular complexity index is 895. The lowest BCUT2D eigenvalue weighted by Gasteiger charge is -2.06. The van der Waals surface area contributed by atoms with Crippen LogP contribution < -0.4 is 5.56 Å². The Morgan fingerprint density at radius 1 is 1.29 bits per heavy atom. The van der Waals surface area contributed by atoms with Crippen molar-refractivity contribution in [3.63, 3.8) is 0 Å². The number of carbonyl (C=O) groups excluding carboxylic acids is 1. The Morgan fingerprint density at radius 3 is 2.81 bits per heavy atom. The molecule has 0 radical (unpaired) electrons. The van der Waals surface area contributed by atoms with Crippen molar-refractivity contribution in [2.45, 2.75) is 13.5 Å². The number of rotatable bonds is 3. The van der Waals surface area contributed by atoms with Crippen molar-refractivity contribution >= 4 is 22.9 Å². The molecule has 0 fully saturated rings. The molecule has 0 N–H and O–H groups in total. The lowest BCUT2D eigenvalue weighted by molar-refractivity contribution is 0.0971. The molecule has 106 valence electrons. The van der Waals surface area contributed by atoms with Crippen LogP contribution in [-0.4, -0.2) is 20.0 Å². The predicted molar refractivity (Wildman–Crippen MR) is 80.0 cm³/mol.